The van der Waals surface area contributed by atoms with Crippen molar-refractivity contribution in [3.8, 4) is 0 Å². The van der Waals surface area contributed by atoms with Gasteiger partial charge in [-0.25, -0.2) is 8.42 Å². The van der Waals surface area contributed by atoms with Crippen LogP contribution >= 0.6 is 0 Å². The van der Waals surface area contributed by atoms with Crippen molar-refractivity contribution in [3.63, 3.8) is 0 Å². The van der Waals surface area contributed by atoms with Gasteiger partial charge in [0.05, 0.1) is 9.82 Å². The number of benzene rings is 2. The molecule has 0 saturated heterocycles. The smallest absolute Gasteiger partial charge is 0.293 e. The molecule has 2 aromatic rings. The van der Waals surface area contributed by atoms with Crippen LogP contribution in [0.2, 0.25) is 0 Å². The quantitative estimate of drug-likeness (QED) is 0.618. The van der Waals surface area contributed by atoms with E-state index in [0.717, 1.165) is 17.9 Å². The van der Waals surface area contributed by atoms with Crippen molar-refractivity contribution in [1.82, 2.24) is 0 Å². The fraction of sp³-hybridized carbons (Fsp3) is 0.200. The molecule has 0 fully saturated rings. The van der Waals surface area contributed by atoms with Crippen LogP contribution in [0, 0.1) is 10.1 Å². The van der Waals surface area contributed by atoms with E-state index < -0.39 is 14.8 Å². The third-order valence-corrected chi connectivity index (χ3v) is 4.37. The van der Waals surface area contributed by atoms with E-state index in [9.17, 15) is 18.5 Å². The summed E-state index contributed by atoms with van der Waals surface area (Å²) in [6, 6.07) is 10.8. The molecule has 0 radical (unpaired) electrons. The molecule has 0 heterocycles. The maximum Gasteiger partial charge on any atom is 0.293 e. The minimum atomic E-state index is -3.53. The first-order chi connectivity index (χ1) is 10.8. The summed E-state index contributed by atoms with van der Waals surface area (Å²) in [5, 5.41) is 23.2. The molecule has 2 aromatic carbocycles. The number of para-hydroxylation sites is 1. The number of aliphatic hydroxyl groups is 1. The van der Waals surface area contributed by atoms with Crippen LogP contribution in [-0.4, -0.2) is 31.3 Å². The van der Waals surface area contributed by atoms with Gasteiger partial charge in [-0.15, -0.1) is 0 Å². The molecule has 0 amide bonds. The van der Waals surface area contributed by atoms with Crippen LogP contribution in [-0.2, 0) is 16.3 Å². The SMILES string of the molecule is CS(=O)(=O)c1ccc(Nc2ccccc2CCO)c([N+](=O)[O-])c1. The number of nitrogens with one attached hydrogen (secondary N) is 1. The van der Waals surface area contributed by atoms with Gasteiger partial charge in [0.25, 0.3) is 5.69 Å². The summed E-state index contributed by atoms with van der Waals surface area (Å²) >= 11 is 0. The van der Waals surface area contributed by atoms with Gasteiger partial charge in [-0.2, -0.15) is 0 Å². The predicted molar refractivity (Wildman–Crippen MR) is 86.7 cm³/mol. The number of sulfone groups is 1. The van der Waals surface area contributed by atoms with Crippen molar-refractivity contribution in [2.24, 2.45) is 0 Å². The lowest BCUT2D eigenvalue weighted by atomic mass is 10.1. The van der Waals surface area contributed by atoms with Gasteiger partial charge >= 0.3 is 0 Å². The Labute approximate surface area is 133 Å². The predicted octanol–water partition coefficient (Wildman–Crippen LogP) is 2.28. The van der Waals surface area contributed by atoms with Crippen molar-refractivity contribution < 1.29 is 18.4 Å². The summed E-state index contributed by atoms with van der Waals surface area (Å²) in [7, 11) is -3.53. The first kappa shape index (κ1) is 16.9. The second kappa shape index (κ2) is 6.76. The van der Waals surface area contributed by atoms with E-state index in [4.69, 9.17) is 5.11 Å². The molecule has 0 aliphatic heterocycles. The summed E-state index contributed by atoms with van der Waals surface area (Å²) in [6.45, 7) is -0.0478. The van der Waals surface area contributed by atoms with E-state index in [0.29, 0.717) is 12.1 Å². The molecule has 0 spiro atoms. The first-order valence-electron chi connectivity index (χ1n) is 6.77. The second-order valence-corrected chi connectivity index (χ2v) is 6.98. The number of nitro groups is 1. The minimum Gasteiger partial charge on any atom is -0.396 e. The molecule has 0 atom stereocenters. The molecule has 2 N–H and O–H groups in total. The first-order valence-corrected chi connectivity index (χ1v) is 8.66. The minimum absolute atomic E-state index is 0.0478. The average molecular weight is 336 g/mol. The number of aliphatic hydroxyl groups excluding tert-OH is 1. The Kier molecular flexibility index (Phi) is 4.97. The molecule has 8 heteroatoms. The lowest BCUT2D eigenvalue weighted by molar-refractivity contribution is -0.384. The maximum absolute atomic E-state index is 11.5. The maximum atomic E-state index is 11.5. The van der Waals surface area contributed by atoms with Gasteiger partial charge in [-0.05, 0) is 30.2 Å². The number of nitrogens with zero attached hydrogens (tertiary/aromatic N) is 1. The number of anilines is 2. The third-order valence-electron chi connectivity index (χ3n) is 3.26. The molecule has 2 rings (SSSR count). The van der Waals surface area contributed by atoms with Crippen LogP contribution in [0.25, 0.3) is 0 Å². The highest BCUT2D eigenvalue weighted by atomic mass is 32.2. The van der Waals surface area contributed by atoms with E-state index >= 15 is 0 Å². The summed E-state index contributed by atoms with van der Waals surface area (Å²) in [6.07, 6.45) is 1.40. The van der Waals surface area contributed by atoms with E-state index in [1.807, 2.05) is 0 Å². The van der Waals surface area contributed by atoms with Crippen molar-refractivity contribution >= 4 is 26.9 Å². The molecule has 0 aliphatic carbocycles. The standard InChI is InChI=1S/C15H16N2O5S/c1-23(21,22)12-6-7-14(15(10-12)17(19)20)16-13-5-3-2-4-11(13)8-9-18/h2-7,10,16,18H,8-9H2,1H3. The summed E-state index contributed by atoms with van der Waals surface area (Å²) in [5.74, 6) is 0. The lowest BCUT2D eigenvalue weighted by Gasteiger charge is -2.12. The molecule has 0 aliphatic rings. The van der Waals surface area contributed by atoms with E-state index in [-0.39, 0.29) is 22.9 Å². The van der Waals surface area contributed by atoms with Crippen LogP contribution < -0.4 is 5.32 Å². The van der Waals surface area contributed by atoms with Crippen LogP contribution in [0.5, 0.6) is 0 Å². The van der Waals surface area contributed by atoms with Gasteiger partial charge < -0.3 is 10.4 Å². The third kappa shape index (κ3) is 4.05. The van der Waals surface area contributed by atoms with Crippen molar-refractivity contribution in [1.29, 1.82) is 0 Å². The molecule has 0 bridgehead atoms. The number of nitro benzene ring substituents is 1. The van der Waals surface area contributed by atoms with Gasteiger partial charge in [0, 0.05) is 24.6 Å². The Morgan fingerprint density at radius 2 is 1.87 bits per heavy atom. The molecule has 0 unspecified atom stereocenters. The molecule has 0 aromatic heterocycles. The van der Waals surface area contributed by atoms with Gasteiger partial charge in [0.15, 0.2) is 9.84 Å². The molecular weight excluding hydrogens is 320 g/mol. The second-order valence-electron chi connectivity index (χ2n) is 4.96. The monoisotopic (exact) mass is 336 g/mol. The zero-order valence-electron chi connectivity index (χ0n) is 12.4. The zero-order chi connectivity index (χ0) is 17.0. The summed E-state index contributed by atoms with van der Waals surface area (Å²) in [4.78, 5) is 10.5. The van der Waals surface area contributed by atoms with E-state index in [1.165, 1.54) is 12.1 Å². The van der Waals surface area contributed by atoms with Crippen molar-refractivity contribution in [2.45, 2.75) is 11.3 Å². The Morgan fingerprint density at radius 1 is 1.17 bits per heavy atom. The average Bonchev–Trinajstić information content (AvgIpc) is 2.48. The Balaban J connectivity index is 2.46. The Morgan fingerprint density at radius 3 is 2.48 bits per heavy atom. The highest BCUT2D eigenvalue weighted by Gasteiger charge is 2.19. The highest BCUT2D eigenvalue weighted by molar-refractivity contribution is 7.90. The molecule has 23 heavy (non-hydrogen) atoms. The fourth-order valence-electron chi connectivity index (χ4n) is 2.12. The molecule has 7 nitrogen and oxygen atoms in total. The molecule has 122 valence electrons. The van der Waals surface area contributed by atoms with E-state index in [2.05, 4.69) is 5.32 Å². The van der Waals surface area contributed by atoms with Crippen LogP contribution in [0.3, 0.4) is 0 Å². The van der Waals surface area contributed by atoms with Gasteiger partial charge in [-0.1, -0.05) is 18.2 Å². The normalized spacial score (nSPS) is 11.2. The van der Waals surface area contributed by atoms with Crippen LogP contribution in [0.15, 0.2) is 47.4 Å². The van der Waals surface area contributed by atoms with Crippen molar-refractivity contribution in [2.75, 3.05) is 18.2 Å². The van der Waals surface area contributed by atoms with Crippen molar-refractivity contribution in [3.05, 3.63) is 58.1 Å². The summed E-state index contributed by atoms with van der Waals surface area (Å²) < 4.78 is 23.1. The molecule has 0 saturated carbocycles. The van der Waals surface area contributed by atoms with E-state index in [1.54, 1.807) is 24.3 Å². The Bertz CT molecular complexity index is 834. The van der Waals surface area contributed by atoms with Gasteiger partial charge in [0.2, 0.25) is 0 Å². The fourth-order valence-corrected chi connectivity index (χ4v) is 2.77. The number of hydrogen-bond acceptors (Lipinski definition) is 6. The van der Waals surface area contributed by atoms with Crippen LogP contribution in [0.1, 0.15) is 5.56 Å². The number of hydrogen-bond donors (Lipinski definition) is 2. The lowest BCUT2D eigenvalue weighted by Crippen LogP contribution is -2.03. The summed E-state index contributed by atoms with van der Waals surface area (Å²) in [5.41, 5.74) is 1.28. The van der Waals surface area contributed by atoms with Gasteiger partial charge in [0.1, 0.15) is 5.69 Å². The topological polar surface area (TPSA) is 110 Å². The number of rotatable bonds is 6. The highest BCUT2D eigenvalue weighted by Crippen LogP contribution is 2.31. The largest absolute Gasteiger partial charge is 0.396 e. The zero-order valence-corrected chi connectivity index (χ0v) is 13.2. The van der Waals surface area contributed by atoms with Gasteiger partial charge in [-0.3, -0.25) is 10.1 Å². The molecular formula is C15H16N2O5S. The Hall–Kier alpha value is -2.45. The van der Waals surface area contributed by atoms with Crippen LogP contribution in [0.4, 0.5) is 17.1 Å².